The molecule has 0 aliphatic rings. The van der Waals surface area contributed by atoms with Gasteiger partial charge in [0, 0.05) is 17.5 Å². The zero-order chi connectivity index (χ0) is 16.5. The highest BCUT2D eigenvalue weighted by atomic mass is 79.9. The quantitative estimate of drug-likeness (QED) is 0.653. The van der Waals surface area contributed by atoms with E-state index in [9.17, 15) is 14.0 Å². The van der Waals surface area contributed by atoms with E-state index < -0.39 is 17.9 Å². The van der Waals surface area contributed by atoms with Gasteiger partial charge in [-0.1, -0.05) is 29.3 Å². The van der Waals surface area contributed by atoms with Gasteiger partial charge in [-0.2, -0.15) is 0 Å². The Hall–Kier alpha value is -1.47. The molecule has 122 valence electrons. The number of Topliss-reactive ketones (excluding diaryl/α,β-unsaturated/α-hetero) is 1. The molecule has 22 heavy (non-hydrogen) atoms. The van der Waals surface area contributed by atoms with Crippen molar-refractivity contribution < 1.29 is 19.1 Å². The molecule has 0 spiro atoms. The van der Waals surface area contributed by atoms with Gasteiger partial charge in [0.15, 0.2) is 5.78 Å². The van der Waals surface area contributed by atoms with E-state index in [0.717, 1.165) is 6.42 Å². The summed E-state index contributed by atoms with van der Waals surface area (Å²) in [4.78, 5) is 23.9. The molecule has 0 fully saturated rings. The van der Waals surface area contributed by atoms with Gasteiger partial charge < -0.3 is 15.7 Å². The van der Waals surface area contributed by atoms with Crippen LogP contribution in [0.1, 0.15) is 32.6 Å². The summed E-state index contributed by atoms with van der Waals surface area (Å²) < 4.78 is 14.2. The van der Waals surface area contributed by atoms with Crippen LogP contribution in [-0.2, 0) is 4.79 Å². The summed E-state index contributed by atoms with van der Waals surface area (Å²) in [6.07, 6.45) is 1.79. The first-order valence-electron chi connectivity index (χ1n) is 7.14. The van der Waals surface area contributed by atoms with Crippen LogP contribution in [0.3, 0.4) is 0 Å². The van der Waals surface area contributed by atoms with Gasteiger partial charge in [-0.3, -0.25) is 4.79 Å². The minimum Gasteiger partial charge on any atom is -0.396 e. The third-order valence-electron chi connectivity index (χ3n) is 3.03. The summed E-state index contributed by atoms with van der Waals surface area (Å²) in [6, 6.07) is 3.02. The van der Waals surface area contributed by atoms with Crippen molar-refractivity contribution in [3.63, 3.8) is 0 Å². The SMILES string of the molecule is CCC[C@H](NC(=O)Nc1ccc(Br)cc1F)C(=O)CCCO. The number of hydrogen-bond acceptors (Lipinski definition) is 3. The van der Waals surface area contributed by atoms with Crippen molar-refractivity contribution in [1.29, 1.82) is 0 Å². The Bertz CT molecular complexity index is 526. The molecule has 0 unspecified atom stereocenters. The summed E-state index contributed by atoms with van der Waals surface area (Å²) in [5.41, 5.74) is 0.0405. The van der Waals surface area contributed by atoms with Gasteiger partial charge in [0.2, 0.25) is 0 Å². The second kappa shape index (κ2) is 9.53. The van der Waals surface area contributed by atoms with E-state index in [1.807, 2.05) is 6.92 Å². The zero-order valence-electron chi connectivity index (χ0n) is 12.4. The lowest BCUT2D eigenvalue weighted by Gasteiger charge is -2.17. The molecular weight excluding hydrogens is 355 g/mol. The summed E-state index contributed by atoms with van der Waals surface area (Å²) in [5.74, 6) is -0.703. The number of nitrogens with one attached hydrogen (secondary N) is 2. The van der Waals surface area contributed by atoms with Crippen LogP contribution in [-0.4, -0.2) is 29.6 Å². The number of halogens is 2. The molecule has 0 aromatic heterocycles. The number of benzene rings is 1. The summed E-state index contributed by atoms with van der Waals surface area (Å²) in [6.45, 7) is 1.83. The number of rotatable bonds is 8. The van der Waals surface area contributed by atoms with Crippen LogP contribution in [0.5, 0.6) is 0 Å². The number of aliphatic hydroxyl groups excluding tert-OH is 1. The molecule has 0 heterocycles. The van der Waals surface area contributed by atoms with E-state index in [1.54, 1.807) is 6.07 Å². The molecule has 0 aliphatic carbocycles. The lowest BCUT2D eigenvalue weighted by Crippen LogP contribution is -2.43. The molecule has 0 saturated heterocycles. The Kier molecular flexibility index (Phi) is 8.05. The Labute approximate surface area is 137 Å². The van der Waals surface area contributed by atoms with Crippen molar-refractivity contribution in [2.75, 3.05) is 11.9 Å². The largest absolute Gasteiger partial charge is 0.396 e. The first kappa shape index (κ1) is 18.6. The first-order chi connectivity index (χ1) is 10.5. The molecule has 5 nitrogen and oxygen atoms in total. The fraction of sp³-hybridized carbons (Fsp3) is 0.467. The lowest BCUT2D eigenvalue weighted by molar-refractivity contribution is -0.121. The van der Waals surface area contributed by atoms with Crippen molar-refractivity contribution >= 4 is 33.4 Å². The highest BCUT2D eigenvalue weighted by molar-refractivity contribution is 9.10. The normalized spacial score (nSPS) is 11.8. The standard InChI is InChI=1S/C15H20BrFN2O3/c1-2-4-13(14(21)5-3-8-20)19-15(22)18-12-7-6-10(16)9-11(12)17/h6-7,9,13,20H,2-5,8H2,1H3,(H2,18,19,22)/t13-/m0/s1. The molecule has 1 aromatic rings. The number of ketones is 1. The molecule has 0 bridgehead atoms. The number of carbonyl (C=O) groups is 2. The van der Waals surface area contributed by atoms with Crippen molar-refractivity contribution in [2.45, 2.75) is 38.6 Å². The third-order valence-corrected chi connectivity index (χ3v) is 3.53. The van der Waals surface area contributed by atoms with Crippen molar-refractivity contribution in [2.24, 2.45) is 0 Å². The van der Waals surface area contributed by atoms with Gasteiger partial charge in [0.1, 0.15) is 5.82 Å². The predicted octanol–water partition coefficient (Wildman–Crippen LogP) is 3.22. The van der Waals surface area contributed by atoms with Crippen LogP contribution in [0.15, 0.2) is 22.7 Å². The number of anilines is 1. The van der Waals surface area contributed by atoms with Gasteiger partial charge in [0.05, 0.1) is 11.7 Å². The molecule has 0 saturated carbocycles. The molecule has 1 rings (SSSR count). The van der Waals surface area contributed by atoms with Crippen LogP contribution < -0.4 is 10.6 Å². The van der Waals surface area contributed by atoms with E-state index >= 15 is 0 Å². The van der Waals surface area contributed by atoms with E-state index in [-0.39, 0.29) is 24.5 Å². The molecule has 7 heteroatoms. The van der Waals surface area contributed by atoms with Crippen LogP contribution in [0.4, 0.5) is 14.9 Å². The van der Waals surface area contributed by atoms with E-state index in [4.69, 9.17) is 5.11 Å². The van der Waals surface area contributed by atoms with Crippen LogP contribution >= 0.6 is 15.9 Å². The maximum atomic E-state index is 13.7. The summed E-state index contributed by atoms with van der Waals surface area (Å²) >= 11 is 3.13. The average molecular weight is 375 g/mol. The molecule has 0 aliphatic heterocycles. The lowest BCUT2D eigenvalue weighted by atomic mass is 10.0. The van der Waals surface area contributed by atoms with Crippen LogP contribution in [0.2, 0.25) is 0 Å². The summed E-state index contributed by atoms with van der Waals surface area (Å²) in [7, 11) is 0. The molecule has 0 radical (unpaired) electrons. The smallest absolute Gasteiger partial charge is 0.319 e. The Morgan fingerprint density at radius 2 is 2.14 bits per heavy atom. The molecule has 2 amide bonds. The minimum absolute atomic E-state index is 0.0405. The Balaban J connectivity index is 2.64. The molecule has 3 N–H and O–H groups in total. The number of amides is 2. The van der Waals surface area contributed by atoms with Crippen molar-refractivity contribution in [1.82, 2.24) is 5.32 Å². The monoisotopic (exact) mass is 374 g/mol. The van der Waals surface area contributed by atoms with E-state index in [0.29, 0.717) is 17.3 Å². The van der Waals surface area contributed by atoms with Crippen molar-refractivity contribution in [3.05, 3.63) is 28.5 Å². The van der Waals surface area contributed by atoms with Gasteiger partial charge in [-0.25, -0.2) is 9.18 Å². The predicted molar refractivity (Wildman–Crippen MR) is 86.3 cm³/mol. The second-order valence-electron chi connectivity index (χ2n) is 4.86. The van der Waals surface area contributed by atoms with Crippen LogP contribution in [0, 0.1) is 5.82 Å². The van der Waals surface area contributed by atoms with Gasteiger partial charge in [-0.15, -0.1) is 0 Å². The van der Waals surface area contributed by atoms with Gasteiger partial charge in [-0.05, 0) is 31.0 Å². The second-order valence-corrected chi connectivity index (χ2v) is 5.77. The Morgan fingerprint density at radius 1 is 1.41 bits per heavy atom. The number of aliphatic hydroxyl groups is 1. The highest BCUT2D eigenvalue weighted by Crippen LogP contribution is 2.19. The van der Waals surface area contributed by atoms with Gasteiger partial charge >= 0.3 is 6.03 Å². The van der Waals surface area contributed by atoms with Crippen molar-refractivity contribution in [3.8, 4) is 0 Å². The van der Waals surface area contributed by atoms with E-state index in [2.05, 4.69) is 26.6 Å². The van der Waals surface area contributed by atoms with Crippen LogP contribution in [0.25, 0.3) is 0 Å². The van der Waals surface area contributed by atoms with Gasteiger partial charge in [0.25, 0.3) is 0 Å². The minimum atomic E-state index is -0.630. The maximum Gasteiger partial charge on any atom is 0.319 e. The van der Waals surface area contributed by atoms with E-state index in [1.165, 1.54) is 12.1 Å². The number of carbonyl (C=O) groups excluding carboxylic acids is 2. The Morgan fingerprint density at radius 3 is 2.73 bits per heavy atom. The number of urea groups is 1. The highest BCUT2D eigenvalue weighted by Gasteiger charge is 2.19. The third kappa shape index (κ3) is 6.11. The molecule has 1 aromatic carbocycles. The maximum absolute atomic E-state index is 13.7. The fourth-order valence-electron chi connectivity index (χ4n) is 1.94. The first-order valence-corrected chi connectivity index (χ1v) is 7.93. The number of hydrogen-bond donors (Lipinski definition) is 3. The average Bonchev–Trinajstić information content (AvgIpc) is 2.47. The summed E-state index contributed by atoms with van der Waals surface area (Å²) in [5, 5.41) is 13.7. The topological polar surface area (TPSA) is 78.4 Å². The molecular formula is C15H20BrFN2O3. The zero-order valence-corrected chi connectivity index (χ0v) is 14.0. The fourth-order valence-corrected chi connectivity index (χ4v) is 2.27. The molecule has 1 atom stereocenters.